The standard InChI is InChI=1S/C15H15ClN2O3/c1-2-13(17)11-5-3-4-6-15(11)21-10-7-8-14(18(19)20)12(16)9-10/h3-9,13H,2,17H2,1H3. The molecule has 0 saturated heterocycles. The smallest absolute Gasteiger partial charge is 0.288 e. The van der Waals surface area contributed by atoms with Crippen LogP contribution < -0.4 is 10.5 Å². The van der Waals surface area contributed by atoms with Crippen LogP contribution in [0.3, 0.4) is 0 Å². The Morgan fingerprint density at radius 1 is 1.33 bits per heavy atom. The molecule has 110 valence electrons. The number of halogens is 1. The first-order valence-electron chi connectivity index (χ1n) is 6.49. The van der Waals surface area contributed by atoms with E-state index in [2.05, 4.69) is 0 Å². The Kier molecular flexibility index (Phi) is 4.77. The molecule has 0 aliphatic heterocycles. The van der Waals surface area contributed by atoms with Crippen molar-refractivity contribution >= 4 is 17.3 Å². The van der Waals surface area contributed by atoms with E-state index in [9.17, 15) is 10.1 Å². The maximum Gasteiger partial charge on any atom is 0.288 e. The van der Waals surface area contributed by atoms with Crippen molar-refractivity contribution in [3.8, 4) is 11.5 Å². The first-order valence-corrected chi connectivity index (χ1v) is 6.87. The van der Waals surface area contributed by atoms with Crippen molar-refractivity contribution in [1.29, 1.82) is 0 Å². The minimum Gasteiger partial charge on any atom is -0.457 e. The molecule has 0 aromatic heterocycles. The van der Waals surface area contributed by atoms with Crippen LogP contribution in [-0.2, 0) is 0 Å². The van der Waals surface area contributed by atoms with Crippen molar-refractivity contribution in [3.63, 3.8) is 0 Å². The third kappa shape index (κ3) is 3.51. The molecule has 2 rings (SSSR count). The van der Waals surface area contributed by atoms with Crippen LogP contribution in [0.15, 0.2) is 42.5 Å². The van der Waals surface area contributed by atoms with Crippen molar-refractivity contribution in [2.24, 2.45) is 5.73 Å². The third-order valence-corrected chi connectivity index (χ3v) is 3.40. The number of nitro benzene ring substituents is 1. The van der Waals surface area contributed by atoms with E-state index in [1.54, 1.807) is 6.07 Å². The minimum absolute atomic E-state index is 0.0368. The molecule has 2 aromatic carbocycles. The average molecular weight is 307 g/mol. The number of nitro groups is 1. The Bertz CT molecular complexity index is 661. The normalized spacial score (nSPS) is 12.0. The summed E-state index contributed by atoms with van der Waals surface area (Å²) in [7, 11) is 0. The SMILES string of the molecule is CCC(N)c1ccccc1Oc1ccc([N+](=O)[O-])c(Cl)c1. The van der Waals surface area contributed by atoms with Crippen molar-refractivity contribution < 1.29 is 9.66 Å². The summed E-state index contributed by atoms with van der Waals surface area (Å²) in [5.41, 5.74) is 6.78. The lowest BCUT2D eigenvalue weighted by atomic mass is 10.0. The maximum atomic E-state index is 10.7. The summed E-state index contributed by atoms with van der Waals surface area (Å²) in [6, 6.07) is 11.6. The average Bonchev–Trinajstić information content (AvgIpc) is 2.46. The molecule has 6 heteroatoms. The van der Waals surface area contributed by atoms with Gasteiger partial charge in [-0.25, -0.2) is 0 Å². The first-order chi connectivity index (χ1) is 10.0. The Labute approximate surface area is 127 Å². The fourth-order valence-electron chi connectivity index (χ4n) is 1.93. The van der Waals surface area contributed by atoms with E-state index in [0.717, 1.165) is 12.0 Å². The van der Waals surface area contributed by atoms with E-state index in [4.69, 9.17) is 22.1 Å². The Morgan fingerprint density at radius 3 is 2.67 bits per heavy atom. The molecule has 0 radical (unpaired) electrons. The molecule has 0 aliphatic rings. The van der Waals surface area contributed by atoms with Crippen LogP contribution >= 0.6 is 11.6 Å². The van der Waals surface area contributed by atoms with E-state index in [-0.39, 0.29) is 16.8 Å². The van der Waals surface area contributed by atoms with Gasteiger partial charge in [0.2, 0.25) is 0 Å². The van der Waals surface area contributed by atoms with E-state index in [0.29, 0.717) is 11.5 Å². The number of hydrogen-bond donors (Lipinski definition) is 1. The highest BCUT2D eigenvalue weighted by Crippen LogP contribution is 2.33. The highest BCUT2D eigenvalue weighted by molar-refractivity contribution is 6.32. The van der Waals surface area contributed by atoms with Gasteiger partial charge in [0.1, 0.15) is 16.5 Å². The highest BCUT2D eigenvalue weighted by atomic mass is 35.5. The molecule has 0 amide bonds. The summed E-state index contributed by atoms with van der Waals surface area (Å²) in [6.07, 6.45) is 0.779. The molecule has 2 N–H and O–H groups in total. The molecular formula is C15H15ClN2O3. The van der Waals surface area contributed by atoms with E-state index < -0.39 is 4.92 Å². The van der Waals surface area contributed by atoms with Crippen LogP contribution in [0, 0.1) is 10.1 Å². The molecule has 0 heterocycles. The van der Waals surface area contributed by atoms with Crippen LogP contribution in [-0.4, -0.2) is 4.92 Å². The lowest BCUT2D eigenvalue weighted by molar-refractivity contribution is -0.384. The molecule has 21 heavy (non-hydrogen) atoms. The summed E-state index contributed by atoms with van der Waals surface area (Å²) in [5, 5.41) is 10.8. The third-order valence-electron chi connectivity index (χ3n) is 3.10. The summed E-state index contributed by atoms with van der Waals surface area (Å²) in [5.74, 6) is 1.05. The Balaban J connectivity index is 2.31. The van der Waals surface area contributed by atoms with Gasteiger partial charge in [-0.05, 0) is 18.6 Å². The summed E-state index contributed by atoms with van der Waals surface area (Å²) in [6.45, 7) is 1.99. The molecular weight excluding hydrogens is 292 g/mol. The van der Waals surface area contributed by atoms with Gasteiger partial charge in [-0.2, -0.15) is 0 Å². The van der Waals surface area contributed by atoms with E-state index >= 15 is 0 Å². The largest absolute Gasteiger partial charge is 0.457 e. The second-order valence-electron chi connectivity index (χ2n) is 4.52. The number of hydrogen-bond acceptors (Lipinski definition) is 4. The maximum absolute atomic E-state index is 10.7. The van der Waals surface area contributed by atoms with Gasteiger partial charge in [0.05, 0.1) is 4.92 Å². The summed E-state index contributed by atoms with van der Waals surface area (Å²) in [4.78, 5) is 10.2. The van der Waals surface area contributed by atoms with Crippen LogP contribution in [0.25, 0.3) is 0 Å². The highest BCUT2D eigenvalue weighted by Gasteiger charge is 2.15. The first kappa shape index (κ1) is 15.3. The van der Waals surface area contributed by atoms with Crippen molar-refractivity contribution in [2.45, 2.75) is 19.4 Å². The van der Waals surface area contributed by atoms with Crippen molar-refractivity contribution in [3.05, 3.63) is 63.2 Å². The van der Waals surface area contributed by atoms with E-state index in [1.165, 1.54) is 18.2 Å². The van der Waals surface area contributed by atoms with Crippen molar-refractivity contribution in [2.75, 3.05) is 0 Å². The van der Waals surface area contributed by atoms with Gasteiger partial charge in [0.25, 0.3) is 5.69 Å². The zero-order valence-corrected chi connectivity index (χ0v) is 12.2. The molecule has 5 nitrogen and oxygen atoms in total. The fourth-order valence-corrected chi connectivity index (χ4v) is 2.17. The molecule has 0 aliphatic carbocycles. The van der Waals surface area contributed by atoms with Gasteiger partial charge in [-0.15, -0.1) is 0 Å². The van der Waals surface area contributed by atoms with Gasteiger partial charge < -0.3 is 10.5 Å². The Morgan fingerprint density at radius 2 is 2.05 bits per heavy atom. The van der Waals surface area contributed by atoms with Gasteiger partial charge in [-0.1, -0.05) is 36.7 Å². The van der Waals surface area contributed by atoms with Gasteiger partial charge >= 0.3 is 0 Å². The number of rotatable bonds is 5. The zero-order valence-electron chi connectivity index (χ0n) is 11.5. The number of nitrogens with zero attached hydrogens (tertiary/aromatic N) is 1. The quantitative estimate of drug-likeness (QED) is 0.654. The van der Waals surface area contributed by atoms with Crippen LogP contribution in [0.1, 0.15) is 24.9 Å². The van der Waals surface area contributed by atoms with Gasteiger partial charge in [0.15, 0.2) is 0 Å². The number of benzene rings is 2. The topological polar surface area (TPSA) is 78.4 Å². The number of nitrogens with two attached hydrogens (primary N) is 1. The number of para-hydroxylation sites is 1. The second-order valence-corrected chi connectivity index (χ2v) is 4.93. The van der Waals surface area contributed by atoms with Crippen LogP contribution in [0.5, 0.6) is 11.5 Å². The Hall–Kier alpha value is -2.11. The minimum atomic E-state index is -0.535. The number of ether oxygens (including phenoxy) is 1. The van der Waals surface area contributed by atoms with Gasteiger partial charge in [0, 0.05) is 23.7 Å². The predicted molar refractivity (Wildman–Crippen MR) is 81.8 cm³/mol. The predicted octanol–water partition coefficient (Wildman–Crippen LogP) is 4.45. The van der Waals surface area contributed by atoms with Crippen LogP contribution in [0.2, 0.25) is 5.02 Å². The summed E-state index contributed by atoms with van der Waals surface area (Å²) >= 11 is 5.87. The molecule has 0 spiro atoms. The molecule has 0 fully saturated rings. The monoisotopic (exact) mass is 306 g/mol. The molecule has 0 saturated carbocycles. The van der Waals surface area contributed by atoms with Crippen LogP contribution in [0.4, 0.5) is 5.69 Å². The molecule has 1 unspecified atom stereocenters. The fraction of sp³-hybridized carbons (Fsp3) is 0.200. The van der Waals surface area contributed by atoms with Crippen molar-refractivity contribution in [1.82, 2.24) is 0 Å². The summed E-state index contributed by atoms with van der Waals surface area (Å²) < 4.78 is 5.76. The van der Waals surface area contributed by atoms with E-state index in [1.807, 2.05) is 25.1 Å². The lowest BCUT2D eigenvalue weighted by Gasteiger charge is -2.15. The molecule has 2 aromatic rings. The molecule has 0 bridgehead atoms. The van der Waals surface area contributed by atoms with Gasteiger partial charge in [-0.3, -0.25) is 10.1 Å². The lowest BCUT2D eigenvalue weighted by Crippen LogP contribution is -2.09. The zero-order chi connectivity index (χ0) is 15.4. The molecule has 1 atom stereocenters. The second kappa shape index (κ2) is 6.56.